The minimum atomic E-state index is -2.57. The molecule has 132 valence electrons. The Balaban J connectivity index is 2.51. The molecular formula is C19H26N4OSi. The van der Waals surface area contributed by atoms with E-state index in [-0.39, 0.29) is 17.6 Å². The SMILES string of the molecule is CC(C)(C)[Si](OC[C@H](N)CN=[N+]=[N-])(c1ccccc1)c1ccccc1. The van der Waals surface area contributed by atoms with Crippen LogP contribution in [-0.4, -0.2) is 27.5 Å². The minimum Gasteiger partial charge on any atom is -0.406 e. The predicted octanol–water partition coefficient (Wildman–Crippen LogP) is 3.20. The highest BCUT2D eigenvalue weighted by Crippen LogP contribution is 2.36. The Morgan fingerprint density at radius 2 is 1.52 bits per heavy atom. The Morgan fingerprint density at radius 1 is 1.04 bits per heavy atom. The van der Waals surface area contributed by atoms with Gasteiger partial charge in [-0.15, -0.1) is 0 Å². The van der Waals surface area contributed by atoms with Crippen molar-refractivity contribution in [1.29, 1.82) is 0 Å². The number of azide groups is 1. The monoisotopic (exact) mass is 354 g/mol. The third-order valence-corrected chi connectivity index (χ3v) is 9.31. The predicted molar refractivity (Wildman–Crippen MR) is 106 cm³/mol. The fraction of sp³-hybridized carbons (Fsp3) is 0.368. The fourth-order valence-corrected chi connectivity index (χ4v) is 7.81. The van der Waals surface area contributed by atoms with Crippen LogP contribution < -0.4 is 16.1 Å². The van der Waals surface area contributed by atoms with E-state index in [4.69, 9.17) is 15.7 Å². The van der Waals surface area contributed by atoms with Gasteiger partial charge >= 0.3 is 0 Å². The van der Waals surface area contributed by atoms with E-state index in [1.54, 1.807) is 0 Å². The summed E-state index contributed by atoms with van der Waals surface area (Å²) >= 11 is 0. The van der Waals surface area contributed by atoms with Crippen LogP contribution in [0.3, 0.4) is 0 Å². The van der Waals surface area contributed by atoms with Crippen LogP contribution in [0.5, 0.6) is 0 Å². The van der Waals surface area contributed by atoms with Gasteiger partial charge in [0.05, 0.1) is 0 Å². The van der Waals surface area contributed by atoms with Crippen LogP contribution in [0.4, 0.5) is 0 Å². The molecule has 0 amide bonds. The molecule has 2 rings (SSSR count). The smallest absolute Gasteiger partial charge is 0.261 e. The zero-order valence-corrected chi connectivity index (χ0v) is 16.1. The Morgan fingerprint density at radius 3 is 1.92 bits per heavy atom. The van der Waals surface area contributed by atoms with Crippen LogP contribution in [-0.2, 0) is 4.43 Å². The molecule has 0 aliphatic heterocycles. The van der Waals surface area contributed by atoms with Gasteiger partial charge in [0, 0.05) is 24.1 Å². The van der Waals surface area contributed by atoms with Gasteiger partial charge in [-0.05, 0) is 20.9 Å². The van der Waals surface area contributed by atoms with Crippen molar-refractivity contribution in [2.75, 3.05) is 13.2 Å². The maximum Gasteiger partial charge on any atom is 0.261 e. The van der Waals surface area contributed by atoms with E-state index >= 15 is 0 Å². The summed E-state index contributed by atoms with van der Waals surface area (Å²) in [6.07, 6.45) is 0. The molecule has 5 nitrogen and oxygen atoms in total. The number of nitrogens with two attached hydrogens (primary N) is 1. The number of rotatable bonds is 7. The average molecular weight is 355 g/mol. The normalized spacial score (nSPS) is 13.1. The van der Waals surface area contributed by atoms with Gasteiger partial charge in [0.15, 0.2) is 0 Å². The first-order chi connectivity index (χ1) is 11.9. The molecule has 6 heteroatoms. The molecule has 0 saturated heterocycles. The molecular weight excluding hydrogens is 328 g/mol. The summed E-state index contributed by atoms with van der Waals surface area (Å²) in [6, 6.07) is 20.5. The van der Waals surface area contributed by atoms with Crippen molar-refractivity contribution in [1.82, 2.24) is 0 Å². The second kappa shape index (κ2) is 8.32. The first-order valence-corrected chi connectivity index (χ1v) is 10.3. The lowest BCUT2D eigenvalue weighted by molar-refractivity contribution is 0.274. The lowest BCUT2D eigenvalue weighted by Crippen LogP contribution is -2.67. The number of hydrogen-bond acceptors (Lipinski definition) is 3. The molecule has 2 aromatic rings. The summed E-state index contributed by atoms with van der Waals surface area (Å²) in [6.45, 7) is 7.25. The molecule has 0 unspecified atom stereocenters. The largest absolute Gasteiger partial charge is 0.406 e. The first-order valence-electron chi connectivity index (χ1n) is 8.43. The van der Waals surface area contributed by atoms with Gasteiger partial charge in [-0.25, -0.2) is 0 Å². The summed E-state index contributed by atoms with van der Waals surface area (Å²) in [5, 5.41) is 5.91. The van der Waals surface area contributed by atoms with Crippen molar-refractivity contribution < 1.29 is 4.43 Å². The highest BCUT2D eigenvalue weighted by Gasteiger charge is 2.50. The van der Waals surface area contributed by atoms with E-state index in [0.29, 0.717) is 6.61 Å². The Kier molecular flexibility index (Phi) is 6.39. The molecule has 0 heterocycles. The maximum atomic E-state index is 8.50. The highest BCUT2D eigenvalue weighted by molar-refractivity contribution is 6.99. The topological polar surface area (TPSA) is 84.0 Å². The molecule has 0 bridgehead atoms. The minimum absolute atomic E-state index is 0.0894. The summed E-state index contributed by atoms with van der Waals surface area (Å²) in [4.78, 5) is 2.79. The Hall–Kier alpha value is -2.11. The molecule has 0 aliphatic carbocycles. The quantitative estimate of drug-likeness (QED) is 0.358. The molecule has 0 aromatic heterocycles. The second-order valence-electron chi connectivity index (χ2n) is 7.15. The van der Waals surface area contributed by atoms with E-state index in [1.807, 2.05) is 12.1 Å². The zero-order valence-electron chi connectivity index (χ0n) is 15.1. The van der Waals surface area contributed by atoms with Gasteiger partial charge in [0.1, 0.15) is 0 Å². The molecule has 0 radical (unpaired) electrons. The van der Waals surface area contributed by atoms with Crippen LogP contribution in [0.15, 0.2) is 65.8 Å². The van der Waals surface area contributed by atoms with Gasteiger partial charge in [-0.2, -0.15) is 0 Å². The van der Waals surface area contributed by atoms with Crippen LogP contribution in [0.25, 0.3) is 10.4 Å². The molecule has 0 fully saturated rings. The summed E-state index contributed by atoms with van der Waals surface area (Å²) in [7, 11) is -2.57. The Labute approximate surface area is 150 Å². The third kappa shape index (κ3) is 4.30. The van der Waals surface area contributed by atoms with Crippen molar-refractivity contribution >= 4 is 18.7 Å². The molecule has 25 heavy (non-hydrogen) atoms. The summed E-state index contributed by atoms with van der Waals surface area (Å²) in [5.74, 6) is 0. The molecule has 0 saturated carbocycles. The van der Waals surface area contributed by atoms with E-state index in [9.17, 15) is 0 Å². The summed E-state index contributed by atoms with van der Waals surface area (Å²) < 4.78 is 6.66. The standard InChI is InChI=1S/C19H26N4OSi/c1-19(2,3)25(17-10-6-4-7-11-17,18-12-8-5-9-13-18)24-15-16(20)14-22-23-21/h4-13,16H,14-15,20H2,1-3H3/t16-/m1/s1. The van der Waals surface area contributed by atoms with Crippen molar-refractivity contribution in [3.05, 3.63) is 71.1 Å². The zero-order chi connectivity index (χ0) is 18.3. The number of hydrogen-bond donors (Lipinski definition) is 1. The van der Waals surface area contributed by atoms with E-state index in [2.05, 4.69) is 79.3 Å². The van der Waals surface area contributed by atoms with Crippen LogP contribution in [0.2, 0.25) is 5.04 Å². The van der Waals surface area contributed by atoms with Crippen molar-refractivity contribution in [3.8, 4) is 0 Å². The van der Waals surface area contributed by atoms with Crippen LogP contribution in [0.1, 0.15) is 20.8 Å². The van der Waals surface area contributed by atoms with Gasteiger partial charge in [-0.3, -0.25) is 0 Å². The number of benzene rings is 2. The van der Waals surface area contributed by atoms with Crippen molar-refractivity contribution in [3.63, 3.8) is 0 Å². The molecule has 2 aromatic carbocycles. The van der Waals surface area contributed by atoms with Crippen molar-refractivity contribution in [2.45, 2.75) is 31.9 Å². The summed E-state index contributed by atoms with van der Waals surface area (Å²) in [5.41, 5.74) is 14.6. The fourth-order valence-electron chi connectivity index (χ4n) is 3.19. The average Bonchev–Trinajstić information content (AvgIpc) is 2.61. The van der Waals surface area contributed by atoms with Gasteiger partial charge in [-0.1, -0.05) is 86.5 Å². The number of nitrogens with zero attached hydrogens (tertiary/aromatic N) is 3. The second-order valence-corrected chi connectivity index (χ2v) is 11.5. The van der Waals surface area contributed by atoms with Crippen LogP contribution in [0, 0.1) is 0 Å². The van der Waals surface area contributed by atoms with E-state index < -0.39 is 8.32 Å². The Bertz CT molecular complexity index is 670. The van der Waals surface area contributed by atoms with Gasteiger partial charge in [0.2, 0.25) is 0 Å². The van der Waals surface area contributed by atoms with Crippen molar-refractivity contribution in [2.24, 2.45) is 10.8 Å². The van der Waals surface area contributed by atoms with E-state index in [1.165, 1.54) is 10.4 Å². The first kappa shape index (κ1) is 19.2. The maximum absolute atomic E-state index is 8.50. The highest BCUT2D eigenvalue weighted by atomic mass is 28.4. The molecule has 0 aliphatic rings. The van der Waals surface area contributed by atoms with E-state index in [0.717, 1.165) is 0 Å². The molecule has 1 atom stereocenters. The van der Waals surface area contributed by atoms with Gasteiger partial charge in [0.25, 0.3) is 8.32 Å². The van der Waals surface area contributed by atoms with Crippen LogP contribution >= 0.6 is 0 Å². The third-order valence-electron chi connectivity index (χ3n) is 4.31. The lowest BCUT2D eigenvalue weighted by Gasteiger charge is -2.43. The molecule has 2 N–H and O–H groups in total. The van der Waals surface area contributed by atoms with Gasteiger partial charge < -0.3 is 10.2 Å². The lowest BCUT2D eigenvalue weighted by atomic mass is 10.2. The molecule has 0 spiro atoms.